The van der Waals surface area contributed by atoms with E-state index in [4.69, 9.17) is 0 Å². The fourth-order valence-electron chi connectivity index (χ4n) is 2.00. The average molecular weight is 324 g/mol. The van der Waals surface area contributed by atoms with E-state index in [-0.39, 0.29) is 11.4 Å². The van der Waals surface area contributed by atoms with Crippen molar-refractivity contribution in [2.45, 2.75) is 24.9 Å². The minimum atomic E-state index is -3.96. The standard InChI is InChI=1S/C13H16N4O4S/c1-3-16-10-11(8-14-16)9-15(2)22(20,21)13-7-5-4-6-12(13)17(18)19/h4-8,10H,3,9H2,1-2H3. The van der Waals surface area contributed by atoms with E-state index in [1.54, 1.807) is 17.1 Å². The molecule has 22 heavy (non-hydrogen) atoms. The summed E-state index contributed by atoms with van der Waals surface area (Å²) in [7, 11) is -2.57. The summed E-state index contributed by atoms with van der Waals surface area (Å²) in [5, 5.41) is 15.1. The van der Waals surface area contributed by atoms with Crippen LogP contribution in [0.5, 0.6) is 0 Å². The Morgan fingerprint density at radius 1 is 1.36 bits per heavy atom. The molecule has 0 aliphatic rings. The molecular formula is C13H16N4O4S. The molecule has 1 heterocycles. The smallest absolute Gasteiger partial charge is 0.273 e. The number of hydrogen-bond acceptors (Lipinski definition) is 5. The summed E-state index contributed by atoms with van der Waals surface area (Å²) in [5.74, 6) is 0. The number of nitro benzene ring substituents is 1. The van der Waals surface area contributed by atoms with E-state index in [9.17, 15) is 18.5 Å². The van der Waals surface area contributed by atoms with Gasteiger partial charge >= 0.3 is 0 Å². The maximum Gasteiger partial charge on any atom is 0.289 e. The first-order valence-corrected chi connectivity index (χ1v) is 8.01. The van der Waals surface area contributed by atoms with Gasteiger partial charge in [-0.1, -0.05) is 12.1 Å². The summed E-state index contributed by atoms with van der Waals surface area (Å²) < 4.78 is 27.8. The lowest BCUT2D eigenvalue weighted by Gasteiger charge is -2.16. The van der Waals surface area contributed by atoms with E-state index >= 15 is 0 Å². The predicted molar refractivity (Wildman–Crippen MR) is 79.7 cm³/mol. The summed E-state index contributed by atoms with van der Waals surface area (Å²) in [6, 6.07) is 5.31. The highest BCUT2D eigenvalue weighted by atomic mass is 32.2. The molecular weight excluding hydrogens is 308 g/mol. The number of rotatable bonds is 6. The third kappa shape index (κ3) is 3.15. The number of nitrogens with zero attached hydrogens (tertiary/aromatic N) is 4. The van der Waals surface area contributed by atoms with Crippen LogP contribution in [0.25, 0.3) is 0 Å². The van der Waals surface area contributed by atoms with Gasteiger partial charge in [-0.15, -0.1) is 0 Å². The van der Waals surface area contributed by atoms with Gasteiger partial charge in [-0.05, 0) is 13.0 Å². The first-order valence-electron chi connectivity index (χ1n) is 6.57. The summed E-state index contributed by atoms with van der Waals surface area (Å²) >= 11 is 0. The molecule has 0 N–H and O–H groups in total. The lowest BCUT2D eigenvalue weighted by atomic mass is 10.3. The van der Waals surface area contributed by atoms with Crippen molar-refractivity contribution in [3.8, 4) is 0 Å². The van der Waals surface area contributed by atoms with Gasteiger partial charge in [-0.2, -0.15) is 9.40 Å². The lowest BCUT2D eigenvalue weighted by Crippen LogP contribution is -2.27. The van der Waals surface area contributed by atoms with E-state index in [2.05, 4.69) is 5.10 Å². The third-order valence-corrected chi connectivity index (χ3v) is 5.02. The van der Waals surface area contributed by atoms with Crippen LogP contribution in [0.4, 0.5) is 5.69 Å². The maximum absolute atomic E-state index is 12.5. The Balaban J connectivity index is 2.31. The molecule has 9 heteroatoms. The monoisotopic (exact) mass is 324 g/mol. The molecule has 0 amide bonds. The molecule has 0 saturated heterocycles. The molecule has 2 rings (SSSR count). The van der Waals surface area contributed by atoms with Crippen LogP contribution in [0.2, 0.25) is 0 Å². The van der Waals surface area contributed by atoms with Crippen molar-refractivity contribution in [2.24, 2.45) is 0 Å². The predicted octanol–water partition coefficient (Wildman–Crippen LogP) is 1.63. The quantitative estimate of drug-likeness (QED) is 0.594. The average Bonchev–Trinajstić information content (AvgIpc) is 2.94. The van der Waals surface area contributed by atoms with E-state index in [1.165, 1.54) is 31.3 Å². The van der Waals surface area contributed by atoms with Gasteiger partial charge in [0.25, 0.3) is 5.69 Å². The van der Waals surface area contributed by atoms with Gasteiger partial charge in [-0.3, -0.25) is 14.8 Å². The van der Waals surface area contributed by atoms with Crippen LogP contribution in [-0.4, -0.2) is 34.5 Å². The Morgan fingerprint density at radius 2 is 2.05 bits per heavy atom. The fourth-order valence-corrected chi connectivity index (χ4v) is 3.31. The second kappa shape index (κ2) is 6.24. The number of aromatic nitrogens is 2. The van der Waals surface area contributed by atoms with Crippen LogP contribution in [0, 0.1) is 10.1 Å². The Hall–Kier alpha value is -2.26. The molecule has 0 aliphatic carbocycles. The first kappa shape index (κ1) is 16.1. The summed E-state index contributed by atoms with van der Waals surface area (Å²) in [4.78, 5) is 9.99. The molecule has 0 atom stereocenters. The van der Waals surface area contributed by atoms with Gasteiger partial charge in [0.1, 0.15) is 0 Å². The van der Waals surface area contributed by atoms with Gasteiger partial charge in [0.15, 0.2) is 4.90 Å². The number of nitro groups is 1. The summed E-state index contributed by atoms with van der Waals surface area (Å²) in [6.45, 7) is 2.69. The zero-order chi connectivity index (χ0) is 16.3. The topological polar surface area (TPSA) is 98.3 Å². The molecule has 0 spiro atoms. The number of benzene rings is 1. The van der Waals surface area contributed by atoms with Gasteiger partial charge in [0.2, 0.25) is 10.0 Å². The molecule has 0 radical (unpaired) electrons. The van der Waals surface area contributed by atoms with Crippen LogP contribution < -0.4 is 0 Å². The van der Waals surface area contributed by atoms with Crippen molar-refractivity contribution in [1.29, 1.82) is 0 Å². The van der Waals surface area contributed by atoms with Crippen molar-refractivity contribution in [1.82, 2.24) is 14.1 Å². The van der Waals surface area contributed by atoms with E-state index in [0.29, 0.717) is 12.1 Å². The largest absolute Gasteiger partial charge is 0.289 e. The maximum atomic E-state index is 12.5. The van der Waals surface area contributed by atoms with E-state index < -0.39 is 20.6 Å². The van der Waals surface area contributed by atoms with Gasteiger partial charge in [0, 0.05) is 38.0 Å². The number of sulfonamides is 1. The van der Waals surface area contributed by atoms with Crippen LogP contribution in [0.3, 0.4) is 0 Å². The molecule has 8 nitrogen and oxygen atoms in total. The van der Waals surface area contributed by atoms with Gasteiger partial charge < -0.3 is 0 Å². The van der Waals surface area contributed by atoms with Crippen LogP contribution in [-0.2, 0) is 23.1 Å². The highest BCUT2D eigenvalue weighted by Gasteiger charge is 2.29. The first-order chi connectivity index (χ1) is 10.4. The Labute approximate surface area is 128 Å². The Kier molecular flexibility index (Phi) is 4.57. The molecule has 0 aliphatic heterocycles. The van der Waals surface area contributed by atoms with Crippen LogP contribution in [0.1, 0.15) is 12.5 Å². The Morgan fingerprint density at radius 3 is 2.64 bits per heavy atom. The van der Waals surface area contributed by atoms with Crippen molar-refractivity contribution in [3.63, 3.8) is 0 Å². The van der Waals surface area contributed by atoms with Crippen molar-refractivity contribution >= 4 is 15.7 Å². The van der Waals surface area contributed by atoms with Gasteiger partial charge in [-0.25, -0.2) is 8.42 Å². The molecule has 1 aromatic heterocycles. The number of aryl methyl sites for hydroxylation is 1. The summed E-state index contributed by atoms with van der Waals surface area (Å²) in [5.41, 5.74) is 0.283. The number of para-hydroxylation sites is 1. The number of hydrogen-bond donors (Lipinski definition) is 0. The zero-order valence-electron chi connectivity index (χ0n) is 12.2. The van der Waals surface area contributed by atoms with E-state index in [1.807, 2.05) is 6.92 Å². The zero-order valence-corrected chi connectivity index (χ0v) is 13.0. The Bertz CT molecular complexity index is 785. The molecule has 2 aromatic rings. The third-order valence-electron chi connectivity index (χ3n) is 3.17. The van der Waals surface area contributed by atoms with Crippen molar-refractivity contribution in [3.05, 3.63) is 52.3 Å². The highest BCUT2D eigenvalue weighted by molar-refractivity contribution is 7.89. The van der Waals surface area contributed by atoms with Gasteiger partial charge in [0.05, 0.1) is 11.1 Å². The molecule has 0 saturated carbocycles. The van der Waals surface area contributed by atoms with Crippen molar-refractivity contribution < 1.29 is 13.3 Å². The normalized spacial score (nSPS) is 11.8. The molecule has 0 bridgehead atoms. The fraction of sp³-hybridized carbons (Fsp3) is 0.308. The van der Waals surface area contributed by atoms with Crippen LogP contribution in [0.15, 0.2) is 41.6 Å². The van der Waals surface area contributed by atoms with E-state index in [0.717, 1.165) is 4.31 Å². The molecule has 0 fully saturated rings. The molecule has 118 valence electrons. The molecule has 1 aromatic carbocycles. The lowest BCUT2D eigenvalue weighted by molar-refractivity contribution is -0.387. The van der Waals surface area contributed by atoms with Crippen molar-refractivity contribution in [2.75, 3.05) is 7.05 Å². The second-order valence-electron chi connectivity index (χ2n) is 4.69. The summed E-state index contributed by atoms with van der Waals surface area (Å²) in [6.07, 6.45) is 3.32. The SMILES string of the molecule is CCn1cc(CN(C)S(=O)(=O)c2ccccc2[N+](=O)[O-])cn1. The second-order valence-corrected chi connectivity index (χ2v) is 6.70. The molecule has 0 unspecified atom stereocenters. The minimum Gasteiger partial charge on any atom is -0.273 e. The minimum absolute atomic E-state index is 0.0916. The van der Waals surface area contributed by atoms with Crippen LogP contribution >= 0.6 is 0 Å². The highest BCUT2D eigenvalue weighted by Crippen LogP contribution is 2.26.